The Hall–Kier alpha value is -1.02. The predicted octanol–water partition coefficient (Wildman–Crippen LogP) is 3.33. The van der Waals surface area contributed by atoms with E-state index in [2.05, 4.69) is 36.5 Å². The lowest BCUT2D eigenvalue weighted by atomic mass is 9.93. The molecule has 98 valence electrons. The highest BCUT2D eigenvalue weighted by molar-refractivity contribution is 5.37. The van der Waals surface area contributed by atoms with Crippen molar-refractivity contribution in [2.75, 3.05) is 13.2 Å². The second kappa shape index (κ2) is 5.31. The van der Waals surface area contributed by atoms with Crippen molar-refractivity contribution in [3.63, 3.8) is 0 Å². The molecule has 1 saturated carbocycles. The third-order valence-corrected chi connectivity index (χ3v) is 4.29. The van der Waals surface area contributed by atoms with E-state index in [0.717, 1.165) is 37.3 Å². The maximum atomic E-state index is 5.71. The monoisotopic (exact) mass is 245 g/mol. The zero-order chi connectivity index (χ0) is 12.4. The molecule has 2 heteroatoms. The van der Waals surface area contributed by atoms with Crippen LogP contribution in [0.5, 0.6) is 5.75 Å². The lowest BCUT2D eigenvalue weighted by molar-refractivity contribution is 0.264. The fourth-order valence-corrected chi connectivity index (χ4v) is 3.11. The zero-order valence-corrected chi connectivity index (χ0v) is 11.2. The first kappa shape index (κ1) is 12.0. The van der Waals surface area contributed by atoms with Gasteiger partial charge in [0.15, 0.2) is 0 Å². The number of hydrogen-bond acceptors (Lipinski definition) is 2. The van der Waals surface area contributed by atoms with Crippen molar-refractivity contribution >= 4 is 0 Å². The van der Waals surface area contributed by atoms with Crippen molar-refractivity contribution in [3.05, 3.63) is 29.8 Å². The Morgan fingerprint density at radius 2 is 2.22 bits per heavy atom. The minimum absolute atomic E-state index is 0.637. The summed E-state index contributed by atoms with van der Waals surface area (Å²) >= 11 is 0. The van der Waals surface area contributed by atoms with E-state index in [0.29, 0.717) is 5.92 Å². The first-order chi connectivity index (χ1) is 8.88. The van der Waals surface area contributed by atoms with Gasteiger partial charge in [-0.1, -0.05) is 31.5 Å². The van der Waals surface area contributed by atoms with Crippen LogP contribution in [0.15, 0.2) is 24.3 Å². The Kier molecular flexibility index (Phi) is 3.55. The molecule has 18 heavy (non-hydrogen) atoms. The molecule has 1 fully saturated rings. The van der Waals surface area contributed by atoms with Gasteiger partial charge in [-0.15, -0.1) is 0 Å². The molecule has 1 aliphatic heterocycles. The molecule has 3 atom stereocenters. The summed E-state index contributed by atoms with van der Waals surface area (Å²) in [6.07, 6.45) is 5.25. The molecule has 1 aromatic carbocycles. The maximum Gasteiger partial charge on any atom is 0.122 e. The molecule has 2 aliphatic rings. The summed E-state index contributed by atoms with van der Waals surface area (Å²) in [4.78, 5) is 0. The lowest BCUT2D eigenvalue weighted by Crippen LogP contribution is -2.28. The molecule has 0 saturated heterocycles. The number of fused-ring (bicyclic) bond motifs is 1. The highest BCUT2D eigenvalue weighted by Gasteiger charge is 2.36. The lowest BCUT2D eigenvalue weighted by Gasteiger charge is -2.26. The Labute approximate surface area is 110 Å². The molecular formula is C16H23NO. The topological polar surface area (TPSA) is 21.3 Å². The van der Waals surface area contributed by atoms with Crippen LogP contribution in [0.25, 0.3) is 0 Å². The largest absolute Gasteiger partial charge is 0.493 e. The van der Waals surface area contributed by atoms with Crippen LogP contribution in [0.2, 0.25) is 0 Å². The molecule has 1 aliphatic carbocycles. The van der Waals surface area contributed by atoms with Gasteiger partial charge in [-0.05, 0) is 36.8 Å². The van der Waals surface area contributed by atoms with E-state index in [9.17, 15) is 0 Å². The molecule has 1 aromatic rings. The molecule has 0 radical (unpaired) electrons. The van der Waals surface area contributed by atoms with Gasteiger partial charge in [-0.2, -0.15) is 0 Å². The van der Waals surface area contributed by atoms with Crippen LogP contribution < -0.4 is 10.1 Å². The number of ether oxygens (including phenoxy) is 1. The summed E-state index contributed by atoms with van der Waals surface area (Å²) in [5.74, 6) is 2.68. The molecule has 2 nitrogen and oxygen atoms in total. The molecule has 1 heterocycles. The zero-order valence-electron chi connectivity index (χ0n) is 11.2. The third-order valence-electron chi connectivity index (χ3n) is 4.29. The second-order valence-electron chi connectivity index (χ2n) is 5.67. The van der Waals surface area contributed by atoms with Gasteiger partial charge in [-0.3, -0.25) is 0 Å². The molecule has 1 N–H and O–H groups in total. The van der Waals surface area contributed by atoms with Crippen molar-refractivity contribution in [1.29, 1.82) is 0 Å². The highest BCUT2D eigenvalue weighted by Crippen LogP contribution is 2.37. The Morgan fingerprint density at radius 3 is 3.11 bits per heavy atom. The van der Waals surface area contributed by atoms with Crippen LogP contribution in [0, 0.1) is 5.92 Å². The van der Waals surface area contributed by atoms with Crippen LogP contribution >= 0.6 is 0 Å². The molecule has 0 spiro atoms. The number of para-hydroxylation sites is 1. The van der Waals surface area contributed by atoms with Crippen molar-refractivity contribution in [2.45, 2.75) is 44.6 Å². The van der Waals surface area contributed by atoms with Gasteiger partial charge < -0.3 is 10.1 Å². The van der Waals surface area contributed by atoms with Gasteiger partial charge in [0.25, 0.3) is 0 Å². The van der Waals surface area contributed by atoms with Gasteiger partial charge >= 0.3 is 0 Å². The fourth-order valence-electron chi connectivity index (χ4n) is 3.11. The molecular weight excluding hydrogens is 222 g/mol. The van der Waals surface area contributed by atoms with Gasteiger partial charge in [0.1, 0.15) is 5.75 Å². The minimum atomic E-state index is 0.637. The van der Waals surface area contributed by atoms with E-state index in [1.165, 1.54) is 24.8 Å². The van der Waals surface area contributed by atoms with E-state index < -0.39 is 0 Å². The quantitative estimate of drug-likeness (QED) is 0.859. The summed E-state index contributed by atoms with van der Waals surface area (Å²) in [5, 5.41) is 3.75. The van der Waals surface area contributed by atoms with Gasteiger partial charge in [0.2, 0.25) is 0 Å². The number of benzene rings is 1. The van der Waals surface area contributed by atoms with E-state index >= 15 is 0 Å². The summed E-state index contributed by atoms with van der Waals surface area (Å²) in [6, 6.07) is 9.29. The highest BCUT2D eigenvalue weighted by atomic mass is 16.5. The van der Waals surface area contributed by atoms with E-state index in [4.69, 9.17) is 4.74 Å². The maximum absolute atomic E-state index is 5.71. The average molecular weight is 245 g/mol. The van der Waals surface area contributed by atoms with Crippen LogP contribution in [0.4, 0.5) is 0 Å². The van der Waals surface area contributed by atoms with Crippen molar-refractivity contribution in [1.82, 2.24) is 5.32 Å². The van der Waals surface area contributed by atoms with E-state index in [-0.39, 0.29) is 0 Å². The van der Waals surface area contributed by atoms with Gasteiger partial charge in [0.05, 0.1) is 6.61 Å². The molecule has 0 bridgehead atoms. The third kappa shape index (κ3) is 2.54. The van der Waals surface area contributed by atoms with Crippen molar-refractivity contribution < 1.29 is 4.74 Å². The van der Waals surface area contributed by atoms with Gasteiger partial charge in [0, 0.05) is 18.5 Å². The number of hydrogen-bond donors (Lipinski definition) is 1. The van der Waals surface area contributed by atoms with Gasteiger partial charge in [-0.25, -0.2) is 0 Å². The summed E-state index contributed by atoms with van der Waals surface area (Å²) in [6.45, 7) is 4.27. The predicted molar refractivity (Wildman–Crippen MR) is 74.1 cm³/mol. The van der Waals surface area contributed by atoms with Crippen molar-refractivity contribution in [3.8, 4) is 5.75 Å². The number of nitrogens with one attached hydrogen (secondary N) is 1. The Balaban J connectivity index is 1.55. The summed E-state index contributed by atoms with van der Waals surface area (Å²) in [5.41, 5.74) is 1.39. The van der Waals surface area contributed by atoms with E-state index in [1.807, 2.05) is 0 Å². The summed E-state index contributed by atoms with van der Waals surface area (Å²) < 4.78 is 5.71. The molecule has 3 unspecified atom stereocenters. The van der Waals surface area contributed by atoms with Crippen LogP contribution in [-0.4, -0.2) is 19.2 Å². The Bertz CT molecular complexity index is 404. The average Bonchev–Trinajstić information content (AvgIpc) is 3.15. The fraction of sp³-hybridized carbons (Fsp3) is 0.625. The SMILES string of the molecule is CCCC1CC1NCC1CCOc2ccccc21. The van der Waals surface area contributed by atoms with E-state index in [1.54, 1.807) is 0 Å². The van der Waals surface area contributed by atoms with Crippen LogP contribution in [0.1, 0.15) is 44.1 Å². The standard InChI is InChI=1S/C16H23NO/c1-2-5-12-10-15(12)17-11-13-8-9-18-16-7-4-3-6-14(13)16/h3-4,6-7,12-13,15,17H,2,5,8-11H2,1H3. The first-order valence-corrected chi connectivity index (χ1v) is 7.33. The first-order valence-electron chi connectivity index (χ1n) is 7.33. The molecule has 0 aromatic heterocycles. The second-order valence-corrected chi connectivity index (χ2v) is 5.67. The van der Waals surface area contributed by atoms with Crippen LogP contribution in [0.3, 0.4) is 0 Å². The summed E-state index contributed by atoms with van der Waals surface area (Å²) in [7, 11) is 0. The molecule has 0 amide bonds. The smallest absolute Gasteiger partial charge is 0.122 e. The van der Waals surface area contributed by atoms with Crippen molar-refractivity contribution in [2.24, 2.45) is 5.92 Å². The Morgan fingerprint density at radius 1 is 1.33 bits per heavy atom. The number of rotatable bonds is 5. The van der Waals surface area contributed by atoms with Crippen LogP contribution in [-0.2, 0) is 0 Å². The minimum Gasteiger partial charge on any atom is -0.493 e. The normalized spacial score (nSPS) is 29.5. The molecule has 3 rings (SSSR count).